The maximum Gasteiger partial charge on any atom is 0.184 e. The van der Waals surface area contributed by atoms with E-state index in [1.807, 2.05) is 12.1 Å². The lowest BCUT2D eigenvalue weighted by molar-refractivity contribution is -0.0440. The molecule has 0 spiro atoms. The van der Waals surface area contributed by atoms with Crippen LogP contribution in [0.4, 0.5) is 11.4 Å². The van der Waals surface area contributed by atoms with Gasteiger partial charge in [0.15, 0.2) is 6.29 Å². The molecule has 0 atom stereocenters. The standard InChI is InChI=1S/C19H17NO2/c1-2-9-17-14(5-1)6-4-10-18(17)20-16-8-3-7-15(13-16)19-21-11-12-22-19/h1-10,13,19-20H,11-12H2. The van der Waals surface area contributed by atoms with Crippen molar-refractivity contribution < 1.29 is 9.47 Å². The van der Waals surface area contributed by atoms with Gasteiger partial charge in [-0.1, -0.05) is 48.5 Å². The Labute approximate surface area is 129 Å². The summed E-state index contributed by atoms with van der Waals surface area (Å²) in [6.45, 7) is 1.32. The minimum atomic E-state index is -0.241. The molecule has 1 N–H and O–H groups in total. The number of fused-ring (bicyclic) bond motifs is 1. The minimum Gasteiger partial charge on any atom is -0.355 e. The van der Waals surface area contributed by atoms with E-state index in [2.05, 4.69) is 59.9 Å². The topological polar surface area (TPSA) is 30.5 Å². The van der Waals surface area contributed by atoms with Crippen LogP contribution in [-0.2, 0) is 9.47 Å². The predicted octanol–water partition coefficient (Wildman–Crippen LogP) is 4.63. The molecule has 1 aliphatic rings. The van der Waals surface area contributed by atoms with Gasteiger partial charge in [0.25, 0.3) is 0 Å². The van der Waals surface area contributed by atoms with Crippen LogP contribution in [0.5, 0.6) is 0 Å². The Kier molecular flexibility index (Phi) is 3.51. The molecule has 1 saturated heterocycles. The molecule has 1 aliphatic heterocycles. The Hall–Kier alpha value is -2.36. The molecule has 22 heavy (non-hydrogen) atoms. The number of hydrogen-bond acceptors (Lipinski definition) is 3. The first-order chi connectivity index (χ1) is 10.9. The van der Waals surface area contributed by atoms with E-state index in [-0.39, 0.29) is 6.29 Å². The fourth-order valence-electron chi connectivity index (χ4n) is 2.80. The van der Waals surface area contributed by atoms with E-state index in [0.717, 1.165) is 16.9 Å². The second kappa shape index (κ2) is 5.79. The highest BCUT2D eigenvalue weighted by atomic mass is 16.7. The monoisotopic (exact) mass is 291 g/mol. The summed E-state index contributed by atoms with van der Waals surface area (Å²) in [5, 5.41) is 5.94. The first kappa shape index (κ1) is 13.3. The highest BCUT2D eigenvalue weighted by molar-refractivity contribution is 5.95. The van der Waals surface area contributed by atoms with E-state index >= 15 is 0 Å². The molecule has 0 saturated carbocycles. The third kappa shape index (κ3) is 2.56. The third-order valence-corrected chi connectivity index (χ3v) is 3.85. The van der Waals surface area contributed by atoms with Crippen LogP contribution in [0.15, 0.2) is 66.7 Å². The zero-order valence-electron chi connectivity index (χ0n) is 12.2. The first-order valence-electron chi connectivity index (χ1n) is 7.48. The van der Waals surface area contributed by atoms with E-state index in [9.17, 15) is 0 Å². The van der Waals surface area contributed by atoms with Crippen molar-refractivity contribution in [2.45, 2.75) is 6.29 Å². The molecular formula is C19H17NO2. The number of hydrogen-bond donors (Lipinski definition) is 1. The molecule has 3 nitrogen and oxygen atoms in total. The molecule has 3 aromatic carbocycles. The highest BCUT2D eigenvalue weighted by Crippen LogP contribution is 2.29. The molecule has 3 aromatic rings. The second-order valence-corrected chi connectivity index (χ2v) is 5.35. The van der Waals surface area contributed by atoms with E-state index in [1.54, 1.807) is 0 Å². The lowest BCUT2D eigenvalue weighted by atomic mass is 10.1. The number of rotatable bonds is 3. The van der Waals surface area contributed by atoms with Crippen molar-refractivity contribution in [3.63, 3.8) is 0 Å². The molecule has 0 aliphatic carbocycles. The summed E-state index contributed by atoms with van der Waals surface area (Å²) in [5.41, 5.74) is 3.18. The molecule has 110 valence electrons. The van der Waals surface area contributed by atoms with Gasteiger partial charge in [-0.05, 0) is 23.6 Å². The van der Waals surface area contributed by atoms with Gasteiger partial charge in [-0.3, -0.25) is 0 Å². The number of anilines is 2. The summed E-state index contributed by atoms with van der Waals surface area (Å²) in [6, 6.07) is 22.8. The normalized spacial score (nSPS) is 15.3. The van der Waals surface area contributed by atoms with Crippen molar-refractivity contribution in [3.05, 3.63) is 72.3 Å². The zero-order valence-corrected chi connectivity index (χ0v) is 12.2. The predicted molar refractivity (Wildman–Crippen MR) is 88.3 cm³/mol. The zero-order chi connectivity index (χ0) is 14.8. The SMILES string of the molecule is c1cc(Nc2cccc3ccccc23)cc(C2OCCO2)c1. The molecule has 4 rings (SSSR count). The molecule has 0 amide bonds. The molecule has 0 aromatic heterocycles. The van der Waals surface area contributed by atoms with Crippen molar-refractivity contribution in [2.75, 3.05) is 18.5 Å². The smallest absolute Gasteiger partial charge is 0.184 e. The van der Waals surface area contributed by atoms with Crippen LogP contribution in [0.3, 0.4) is 0 Å². The lowest BCUT2D eigenvalue weighted by Crippen LogP contribution is -1.99. The van der Waals surface area contributed by atoms with E-state index < -0.39 is 0 Å². The average Bonchev–Trinajstić information content (AvgIpc) is 3.10. The van der Waals surface area contributed by atoms with E-state index in [1.165, 1.54) is 10.8 Å². The van der Waals surface area contributed by atoms with Crippen molar-refractivity contribution in [1.29, 1.82) is 0 Å². The van der Waals surface area contributed by atoms with Crippen LogP contribution in [-0.4, -0.2) is 13.2 Å². The number of benzene rings is 3. The fourth-order valence-corrected chi connectivity index (χ4v) is 2.80. The summed E-state index contributed by atoms with van der Waals surface area (Å²) >= 11 is 0. The molecule has 0 unspecified atom stereocenters. The fraction of sp³-hybridized carbons (Fsp3) is 0.158. The van der Waals surface area contributed by atoms with Crippen molar-refractivity contribution in [3.8, 4) is 0 Å². The minimum absolute atomic E-state index is 0.241. The average molecular weight is 291 g/mol. The van der Waals surface area contributed by atoms with Gasteiger partial charge >= 0.3 is 0 Å². The van der Waals surface area contributed by atoms with Gasteiger partial charge in [0, 0.05) is 22.3 Å². The van der Waals surface area contributed by atoms with Crippen LogP contribution >= 0.6 is 0 Å². The lowest BCUT2D eigenvalue weighted by Gasteiger charge is -2.13. The van der Waals surface area contributed by atoms with E-state index in [0.29, 0.717) is 13.2 Å². The van der Waals surface area contributed by atoms with Crippen LogP contribution in [0.2, 0.25) is 0 Å². The van der Waals surface area contributed by atoms with Gasteiger partial charge in [0.1, 0.15) is 0 Å². The quantitative estimate of drug-likeness (QED) is 0.763. The summed E-state index contributed by atoms with van der Waals surface area (Å²) in [6.07, 6.45) is -0.241. The second-order valence-electron chi connectivity index (χ2n) is 5.35. The van der Waals surface area contributed by atoms with Gasteiger partial charge in [-0.2, -0.15) is 0 Å². The van der Waals surface area contributed by atoms with Crippen molar-refractivity contribution in [2.24, 2.45) is 0 Å². The van der Waals surface area contributed by atoms with Gasteiger partial charge < -0.3 is 14.8 Å². The van der Waals surface area contributed by atoms with Gasteiger partial charge in [0.2, 0.25) is 0 Å². The van der Waals surface area contributed by atoms with Crippen molar-refractivity contribution >= 4 is 22.1 Å². The van der Waals surface area contributed by atoms with E-state index in [4.69, 9.17) is 9.47 Å². The highest BCUT2D eigenvalue weighted by Gasteiger charge is 2.18. The van der Waals surface area contributed by atoms with Crippen LogP contribution in [0.25, 0.3) is 10.8 Å². The molecule has 3 heteroatoms. The molecule has 0 radical (unpaired) electrons. The summed E-state index contributed by atoms with van der Waals surface area (Å²) in [7, 11) is 0. The Balaban J connectivity index is 1.66. The Morgan fingerprint density at radius 3 is 2.50 bits per heavy atom. The molecular weight excluding hydrogens is 274 g/mol. The first-order valence-corrected chi connectivity index (χ1v) is 7.48. The summed E-state index contributed by atoms with van der Waals surface area (Å²) in [4.78, 5) is 0. The van der Waals surface area contributed by atoms with Gasteiger partial charge in [-0.25, -0.2) is 0 Å². The number of ether oxygens (including phenoxy) is 2. The maximum atomic E-state index is 5.56. The molecule has 1 fully saturated rings. The van der Waals surface area contributed by atoms with Crippen LogP contribution in [0.1, 0.15) is 11.9 Å². The van der Waals surface area contributed by atoms with Gasteiger partial charge in [0.05, 0.1) is 13.2 Å². The Morgan fingerprint density at radius 2 is 1.59 bits per heavy atom. The number of nitrogens with one attached hydrogen (secondary N) is 1. The van der Waals surface area contributed by atoms with Crippen molar-refractivity contribution in [1.82, 2.24) is 0 Å². The summed E-state index contributed by atoms with van der Waals surface area (Å²) < 4.78 is 11.1. The van der Waals surface area contributed by atoms with Crippen LogP contribution < -0.4 is 5.32 Å². The largest absolute Gasteiger partial charge is 0.355 e. The van der Waals surface area contributed by atoms with Crippen LogP contribution in [0, 0.1) is 0 Å². The Bertz CT molecular complexity index is 789. The third-order valence-electron chi connectivity index (χ3n) is 3.85. The Morgan fingerprint density at radius 1 is 0.818 bits per heavy atom. The van der Waals surface area contributed by atoms with Gasteiger partial charge in [-0.15, -0.1) is 0 Å². The molecule has 1 heterocycles. The maximum absolute atomic E-state index is 5.56. The molecule has 0 bridgehead atoms. The summed E-state index contributed by atoms with van der Waals surface area (Å²) in [5.74, 6) is 0.